The summed E-state index contributed by atoms with van der Waals surface area (Å²) in [6, 6.07) is 11.6. The summed E-state index contributed by atoms with van der Waals surface area (Å²) < 4.78 is 11.1. The first-order chi connectivity index (χ1) is 12.6. The van der Waals surface area contributed by atoms with E-state index >= 15 is 0 Å². The van der Waals surface area contributed by atoms with E-state index in [-0.39, 0.29) is 5.91 Å². The molecule has 1 aliphatic heterocycles. The van der Waals surface area contributed by atoms with Crippen LogP contribution in [0.3, 0.4) is 0 Å². The lowest BCUT2D eigenvalue weighted by Gasteiger charge is -2.13. The van der Waals surface area contributed by atoms with Crippen LogP contribution in [0.2, 0.25) is 0 Å². The Morgan fingerprint density at radius 1 is 1.12 bits per heavy atom. The minimum atomic E-state index is -0.127. The number of amides is 1. The van der Waals surface area contributed by atoms with Crippen LogP contribution in [-0.2, 0) is 19.6 Å². The van der Waals surface area contributed by atoms with Gasteiger partial charge in [0, 0.05) is 25.2 Å². The van der Waals surface area contributed by atoms with Crippen LogP contribution in [0.25, 0.3) is 0 Å². The molecule has 5 heteroatoms. The fourth-order valence-electron chi connectivity index (χ4n) is 2.93. The lowest BCUT2D eigenvalue weighted by molar-refractivity contribution is 0.0950. The second-order valence-electron chi connectivity index (χ2n) is 6.96. The lowest BCUT2D eigenvalue weighted by Crippen LogP contribution is -2.23. The summed E-state index contributed by atoms with van der Waals surface area (Å²) in [5.41, 5.74) is 4.30. The van der Waals surface area contributed by atoms with E-state index in [1.807, 2.05) is 0 Å². The Labute approximate surface area is 154 Å². The molecule has 0 fully saturated rings. The maximum Gasteiger partial charge on any atom is 0.251 e. The Morgan fingerprint density at radius 2 is 1.92 bits per heavy atom. The number of hydrogen-bond acceptors (Lipinski definition) is 4. The number of ether oxygens (including phenoxy) is 2. The smallest absolute Gasteiger partial charge is 0.251 e. The first-order valence-corrected chi connectivity index (χ1v) is 8.97. The van der Waals surface area contributed by atoms with Gasteiger partial charge in [-0.1, -0.05) is 32.0 Å². The predicted octanol–water partition coefficient (Wildman–Crippen LogP) is 3.26. The van der Waals surface area contributed by atoms with Crippen LogP contribution in [-0.4, -0.2) is 19.6 Å². The highest BCUT2D eigenvalue weighted by Gasteiger charge is 2.13. The maximum absolute atomic E-state index is 12.5. The Morgan fingerprint density at radius 3 is 2.69 bits per heavy atom. The molecule has 0 bridgehead atoms. The third kappa shape index (κ3) is 4.35. The second-order valence-corrected chi connectivity index (χ2v) is 6.96. The molecule has 0 saturated heterocycles. The number of nitrogens with one attached hydrogen (secondary N) is 2. The van der Waals surface area contributed by atoms with E-state index in [1.165, 1.54) is 11.1 Å². The van der Waals surface area contributed by atoms with Gasteiger partial charge in [-0.05, 0) is 40.8 Å². The van der Waals surface area contributed by atoms with Crippen LogP contribution in [0.1, 0.15) is 40.9 Å². The molecule has 0 saturated carbocycles. The molecule has 1 amide bonds. The van der Waals surface area contributed by atoms with Crippen molar-refractivity contribution in [2.24, 2.45) is 5.92 Å². The van der Waals surface area contributed by atoms with Crippen molar-refractivity contribution >= 4 is 5.91 Å². The highest BCUT2D eigenvalue weighted by Crippen LogP contribution is 2.28. The number of benzene rings is 2. The Balaban J connectivity index is 1.64. The molecule has 2 N–H and O–H groups in total. The molecule has 2 aromatic rings. The fraction of sp³-hybridized carbons (Fsp3) is 0.381. The van der Waals surface area contributed by atoms with Gasteiger partial charge in [-0.3, -0.25) is 4.79 Å². The molecule has 2 aromatic carbocycles. The van der Waals surface area contributed by atoms with Gasteiger partial charge in [0.1, 0.15) is 0 Å². The molecule has 0 radical (unpaired) electrons. The van der Waals surface area contributed by atoms with Gasteiger partial charge in [-0.25, -0.2) is 0 Å². The second kappa shape index (κ2) is 8.23. The van der Waals surface area contributed by atoms with Crippen molar-refractivity contribution in [1.29, 1.82) is 0 Å². The van der Waals surface area contributed by atoms with E-state index < -0.39 is 0 Å². The minimum absolute atomic E-state index is 0.127. The zero-order valence-electron chi connectivity index (χ0n) is 15.6. The largest absolute Gasteiger partial charge is 0.493 e. The van der Waals surface area contributed by atoms with Gasteiger partial charge in [0.25, 0.3) is 5.91 Å². The van der Waals surface area contributed by atoms with E-state index in [9.17, 15) is 4.79 Å². The van der Waals surface area contributed by atoms with Gasteiger partial charge in [0.2, 0.25) is 0 Å². The van der Waals surface area contributed by atoms with E-state index in [0.29, 0.717) is 36.1 Å². The number of hydrogen-bond donors (Lipinski definition) is 2. The summed E-state index contributed by atoms with van der Waals surface area (Å²) in [5.74, 6) is 1.52. The number of carbonyl (C=O) groups excluding carboxylic acids is 1. The summed E-state index contributed by atoms with van der Waals surface area (Å²) >= 11 is 0. The van der Waals surface area contributed by atoms with E-state index in [2.05, 4.69) is 42.7 Å². The number of methoxy groups -OCH3 is 1. The molecule has 3 rings (SSSR count). The Hall–Kier alpha value is -2.53. The standard InChI is InChI=1S/C21H26N2O3/c1-14(2)13-26-19-7-6-16(9-20(19)25-3)21(24)23-10-15-4-5-17-11-22-12-18(17)8-15/h4-9,14,22H,10-13H2,1-3H3,(H,23,24). The molecule has 1 heterocycles. The van der Waals surface area contributed by atoms with Crippen molar-refractivity contribution in [2.75, 3.05) is 13.7 Å². The lowest BCUT2D eigenvalue weighted by atomic mass is 10.1. The molecular formula is C21H26N2O3. The van der Waals surface area contributed by atoms with Gasteiger partial charge >= 0.3 is 0 Å². The average molecular weight is 354 g/mol. The number of rotatable bonds is 7. The van der Waals surface area contributed by atoms with E-state index in [1.54, 1.807) is 25.3 Å². The predicted molar refractivity (Wildman–Crippen MR) is 101 cm³/mol. The van der Waals surface area contributed by atoms with Crippen LogP contribution in [0.4, 0.5) is 0 Å². The van der Waals surface area contributed by atoms with Gasteiger partial charge in [0.15, 0.2) is 11.5 Å². The summed E-state index contributed by atoms with van der Waals surface area (Å²) in [4.78, 5) is 12.5. The molecule has 0 aromatic heterocycles. The Bertz CT molecular complexity index is 787. The topological polar surface area (TPSA) is 59.6 Å². The quantitative estimate of drug-likeness (QED) is 0.801. The molecule has 0 spiro atoms. The monoisotopic (exact) mass is 354 g/mol. The van der Waals surface area contributed by atoms with Crippen molar-refractivity contribution in [3.8, 4) is 11.5 Å². The van der Waals surface area contributed by atoms with Crippen molar-refractivity contribution < 1.29 is 14.3 Å². The maximum atomic E-state index is 12.5. The van der Waals surface area contributed by atoms with Crippen LogP contribution in [0, 0.1) is 5.92 Å². The summed E-state index contributed by atoms with van der Waals surface area (Å²) in [5, 5.41) is 6.30. The third-order valence-electron chi connectivity index (χ3n) is 4.35. The van der Waals surface area contributed by atoms with Crippen molar-refractivity contribution in [2.45, 2.75) is 33.5 Å². The van der Waals surface area contributed by atoms with Crippen molar-refractivity contribution in [3.05, 3.63) is 58.7 Å². The highest BCUT2D eigenvalue weighted by molar-refractivity contribution is 5.94. The third-order valence-corrected chi connectivity index (χ3v) is 4.35. The van der Waals surface area contributed by atoms with Gasteiger partial charge < -0.3 is 20.1 Å². The number of fused-ring (bicyclic) bond motifs is 1. The van der Waals surface area contributed by atoms with Crippen LogP contribution in [0.15, 0.2) is 36.4 Å². The summed E-state index contributed by atoms with van der Waals surface area (Å²) in [6.07, 6.45) is 0. The first-order valence-electron chi connectivity index (χ1n) is 8.97. The van der Waals surface area contributed by atoms with E-state index in [0.717, 1.165) is 18.7 Å². The molecule has 0 atom stereocenters. The summed E-state index contributed by atoms with van der Waals surface area (Å²) in [7, 11) is 1.58. The molecule has 5 nitrogen and oxygen atoms in total. The van der Waals surface area contributed by atoms with Gasteiger partial charge in [-0.2, -0.15) is 0 Å². The first kappa shape index (κ1) is 18.3. The van der Waals surface area contributed by atoms with Crippen molar-refractivity contribution in [3.63, 3.8) is 0 Å². The zero-order valence-corrected chi connectivity index (χ0v) is 15.6. The SMILES string of the molecule is COc1cc(C(=O)NCc2ccc3c(c2)CNC3)ccc1OCC(C)C. The Kier molecular flexibility index (Phi) is 5.78. The zero-order chi connectivity index (χ0) is 18.5. The fourth-order valence-corrected chi connectivity index (χ4v) is 2.93. The van der Waals surface area contributed by atoms with Gasteiger partial charge in [0.05, 0.1) is 13.7 Å². The van der Waals surface area contributed by atoms with Gasteiger partial charge in [-0.15, -0.1) is 0 Å². The summed E-state index contributed by atoms with van der Waals surface area (Å²) in [6.45, 7) is 7.10. The average Bonchev–Trinajstić information content (AvgIpc) is 3.12. The molecule has 138 valence electrons. The van der Waals surface area contributed by atoms with Crippen LogP contribution in [0.5, 0.6) is 11.5 Å². The molecule has 26 heavy (non-hydrogen) atoms. The van der Waals surface area contributed by atoms with E-state index in [4.69, 9.17) is 9.47 Å². The molecule has 1 aliphatic rings. The normalized spacial score (nSPS) is 12.8. The van der Waals surface area contributed by atoms with Crippen LogP contribution < -0.4 is 20.1 Å². The molecular weight excluding hydrogens is 328 g/mol. The highest BCUT2D eigenvalue weighted by atomic mass is 16.5. The number of carbonyl (C=O) groups is 1. The molecule has 0 unspecified atom stereocenters. The van der Waals surface area contributed by atoms with Crippen LogP contribution >= 0.6 is 0 Å². The van der Waals surface area contributed by atoms with Crippen molar-refractivity contribution in [1.82, 2.24) is 10.6 Å². The minimum Gasteiger partial charge on any atom is -0.493 e. The molecule has 0 aliphatic carbocycles.